The van der Waals surface area contributed by atoms with Crippen molar-refractivity contribution in [2.24, 2.45) is 5.10 Å². The van der Waals surface area contributed by atoms with E-state index in [1.807, 2.05) is 13.0 Å². The largest absolute Gasteiger partial charge is 0.507 e. The summed E-state index contributed by atoms with van der Waals surface area (Å²) in [6, 6.07) is 7.04. The molecule has 0 aliphatic rings. The predicted molar refractivity (Wildman–Crippen MR) is 91.1 cm³/mol. The first-order valence-corrected chi connectivity index (χ1v) is 8.32. The van der Waals surface area contributed by atoms with Crippen LogP contribution in [0.5, 0.6) is 5.75 Å². The van der Waals surface area contributed by atoms with Crippen molar-refractivity contribution in [1.29, 1.82) is 0 Å². The fourth-order valence-electron chi connectivity index (χ4n) is 2.30. The molecule has 1 aromatic rings. The molecule has 2 N–H and O–H groups in total. The molecule has 1 rings (SSSR count). The van der Waals surface area contributed by atoms with Crippen molar-refractivity contribution >= 4 is 11.6 Å². The summed E-state index contributed by atoms with van der Waals surface area (Å²) in [5.74, 6) is 0.130. The third kappa shape index (κ3) is 6.74. The lowest BCUT2D eigenvalue weighted by Gasteiger charge is -2.07. The second kappa shape index (κ2) is 10.8. The molecule has 122 valence electrons. The van der Waals surface area contributed by atoms with Gasteiger partial charge in [-0.05, 0) is 25.0 Å². The normalized spacial score (nSPS) is 11.5. The van der Waals surface area contributed by atoms with E-state index in [1.165, 1.54) is 25.7 Å². The van der Waals surface area contributed by atoms with Gasteiger partial charge in [-0.25, -0.2) is 5.43 Å². The predicted octanol–water partition coefficient (Wildman–Crippen LogP) is 4.37. The molecule has 0 aliphatic carbocycles. The number of amides is 1. The lowest BCUT2D eigenvalue weighted by atomic mass is 10.1. The first-order valence-electron chi connectivity index (χ1n) is 8.32. The number of hydrazone groups is 1. The number of phenolic OH excluding ortho intramolecular Hbond substituents is 1. The number of nitrogens with one attached hydrogen (secondary N) is 1. The number of hydrogen-bond donors (Lipinski definition) is 2. The number of aromatic hydroxyl groups is 1. The molecule has 4 heteroatoms. The zero-order chi connectivity index (χ0) is 16.2. The van der Waals surface area contributed by atoms with E-state index in [9.17, 15) is 9.90 Å². The second-order valence-electron chi connectivity index (χ2n) is 5.48. The number of unbranched alkanes of at least 4 members (excludes halogenated alkanes) is 5. The minimum Gasteiger partial charge on any atom is -0.507 e. The number of para-hydroxylation sites is 1. The SMILES string of the molecule is CCCCCCCCC(=O)N/N=C(\CC)c1ccccc1O. The molecule has 0 atom stereocenters. The van der Waals surface area contributed by atoms with Gasteiger partial charge in [0.15, 0.2) is 0 Å². The Balaban J connectivity index is 2.38. The average Bonchev–Trinajstić information content (AvgIpc) is 2.53. The Bertz CT molecular complexity index is 484. The summed E-state index contributed by atoms with van der Waals surface area (Å²) in [6.07, 6.45) is 8.12. The number of hydrogen-bond acceptors (Lipinski definition) is 3. The van der Waals surface area contributed by atoms with Crippen molar-refractivity contribution in [3.05, 3.63) is 29.8 Å². The minimum atomic E-state index is -0.0585. The first kappa shape index (κ1) is 18.2. The van der Waals surface area contributed by atoms with E-state index in [2.05, 4.69) is 17.5 Å². The van der Waals surface area contributed by atoms with Gasteiger partial charge in [0.25, 0.3) is 0 Å². The lowest BCUT2D eigenvalue weighted by molar-refractivity contribution is -0.121. The fourth-order valence-corrected chi connectivity index (χ4v) is 2.30. The quantitative estimate of drug-likeness (QED) is 0.383. The lowest BCUT2D eigenvalue weighted by Crippen LogP contribution is -2.19. The molecule has 22 heavy (non-hydrogen) atoms. The molecule has 0 aromatic heterocycles. The molecule has 0 heterocycles. The van der Waals surface area contributed by atoms with Gasteiger partial charge in [-0.15, -0.1) is 0 Å². The van der Waals surface area contributed by atoms with Gasteiger partial charge in [0, 0.05) is 12.0 Å². The minimum absolute atomic E-state index is 0.0585. The van der Waals surface area contributed by atoms with Crippen molar-refractivity contribution < 1.29 is 9.90 Å². The van der Waals surface area contributed by atoms with E-state index in [0.717, 1.165) is 12.8 Å². The van der Waals surface area contributed by atoms with Crippen LogP contribution in [0.15, 0.2) is 29.4 Å². The number of phenols is 1. The van der Waals surface area contributed by atoms with E-state index in [-0.39, 0.29) is 11.7 Å². The first-order chi connectivity index (χ1) is 10.7. The number of carbonyl (C=O) groups is 1. The third-order valence-corrected chi connectivity index (χ3v) is 3.62. The molecule has 0 spiro atoms. The summed E-state index contributed by atoms with van der Waals surface area (Å²) in [7, 11) is 0. The van der Waals surface area contributed by atoms with Gasteiger partial charge in [0.1, 0.15) is 5.75 Å². The molecular formula is C18H28N2O2. The number of benzene rings is 1. The smallest absolute Gasteiger partial charge is 0.240 e. The van der Waals surface area contributed by atoms with Crippen LogP contribution in [0.4, 0.5) is 0 Å². The van der Waals surface area contributed by atoms with Crippen LogP contribution in [0.1, 0.15) is 70.8 Å². The Kier molecular flexibility index (Phi) is 8.96. The van der Waals surface area contributed by atoms with Crippen molar-refractivity contribution in [1.82, 2.24) is 5.43 Å². The second-order valence-corrected chi connectivity index (χ2v) is 5.48. The van der Waals surface area contributed by atoms with Crippen LogP contribution in [-0.4, -0.2) is 16.7 Å². The highest BCUT2D eigenvalue weighted by Gasteiger charge is 2.07. The Morgan fingerprint density at radius 2 is 1.77 bits per heavy atom. The van der Waals surface area contributed by atoms with Gasteiger partial charge < -0.3 is 5.11 Å². The maximum Gasteiger partial charge on any atom is 0.240 e. The summed E-state index contributed by atoms with van der Waals surface area (Å²) in [4.78, 5) is 11.8. The summed E-state index contributed by atoms with van der Waals surface area (Å²) < 4.78 is 0. The molecule has 0 fully saturated rings. The number of nitrogens with zero attached hydrogens (tertiary/aromatic N) is 1. The van der Waals surface area contributed by atoms with Crippen LogP contribution in [0.3, 0.4) is 0 Å². The maximum atomic E-state index is 11.8. The van der Waals surface area contributed by atoms with Gasteiger partial charge in [-0.2, -0.15) is 5.10 Å². The highest BCUT2D eigenvalue weighted by Crippen LogP contribution is 2.17. The summed E-state index contributed by atoms with van der Waals surface area (Å²) in [6.45, 7) is 4.15. The standard InChI is InChI=1S/C18H28N2O2/c1-3-5-6-7-8-9-14-18(22)20-19-16(4-2)15-12-10-11-13-17(15)21/h10-13,21H,3-9,14H2,1-2H3,(H,20,22)/b19-16+. The van der Waals surface area contributed by atoms with Crippen molar-refractivity contribution in [3.8, 4) is 5.75 Å². The third-order valence-electron chi connectivity index (χ3n) is 3.62. The summed E-state index contributed by atoms with van der Waals surface area (Å²) >= 11 is 0. The highest BCUT2D eigenvalue weighted by atomic mass is 16.3. The molecule has 0 bridgehead atoms. The van der Waals surface area contributed by atoms with Crippen LogP contribution >= 0.6 is 0 Å². The fraction of sp³-hybridized carbons (Fsp3) is 0.556. The molecule has 0 saturated heterocycles. The maximum absolute atomic E-state index is 11.8. The van der Waals surface area contributed by atoms with Crippen LogP contribution in [-0.2, 0) is 4.79 Å². The summed E-state index contributed by atoms with van der Waals surface area (Å²) in [5.41, 5.74) is 3.96. The van der Waals surface area contributed by atoms with Crippen molar-refractivity contribution in [2.75, 3.05) is 0 Å². The Hall–Kier alpha value is -1.84. The van der Waals surface area contributed by atoms with E-state index < -0.39 is 0 Å². The molecule has 4 nitrogen and oxygen atoms in total. The molecule has 0 unspecified atom stereocenters. The van der Waals surface area contributed by atoms with Gasteiger partial charge in [-0.1, -0.05) is 58.1 Å². The topological polar surface area (TPSA) is 61.7 Å². The molecular weight excluding hydrogens is 276 g/mol. The van der Waals surface area contributed by atoms with Crippen LogP contribution in [0, 0.1) is 0 Å². The summed E-state index contributed by atoms with van der Waals surface area (Å²) in [5, 5.41) is 14.0. The van der Waals surface area contributed by atoms with Gasteiger partial charge >= 0.3 is 0 Å². The van der Waals surface area contributed by atoms with Gasteiger partial charge in [0.2, 0.25) is 5.91 Å². The molecule has 1 amide bonds. The Labute approximate surface area is 133 Å². The van der Waals surface area contributed by atoms with Crippen LogP contribution in [0.2, 0.25) is 0 Å². The van der Waals surface area contributed by atoms with E-state index in [4.69, 9.17) is 0 Å². The Morgan fingerprint density at radius 3 is 2.45 bits per heavy atom. The number of rotatable bonds is 10. The molecule has 1 aromatic carbocycles. The number of carbonyl (C=O) groups excluding carboxylic acids is 1. The van der Waals surface area contributed by atoms with Crippen LogP contribution < -0.4 is 5.43 Å². The van der Waals surface area contributed by atoms with Crippen molar-refractivity contribution in [3.63, 3.8) is 0 Å². The van der Waals surface area contributed by atoms with Gasteiger partial charge in [-0.3, -0.25) is 4.79 Å². The molecule has 0 radical (unpaired) electrons. The van der Waals surface area contributed by atoms with E-state index in [0.29, 0.717) is 24.1 Å². The van der Waals surface area contributed by atoms with Crippen LogP contribution in [0.25, 0.3) is 0 Å². The zero-order valence-electron chi connectivity index (χ0n) is 13.8. The Morgan fingerprint density at radius 1 is 1.09 bits per heavy atom. The van der Waals surface area contributed by atoms with E-state index >= 15 is 0 Å². The monoisotopic (exact) mass is 304 g/mol. The van der Waals surface area contributed by atoms with Gasteiger partial charge in [0.05, 0.1) is 5.71 Å². The van der Waals surface area contributed by atoms with E-state index in [1.54, 1.807) is 18.2 Å². The average molecular weight is 304 g/mol. The zero-order valence-corrected chi connectivity index (χ0v) is 13.8. The van der Waals surface area contributed by atoms with Crippen molar-refractivity contribution in [2.45, 2.75) is 65.2 Å². The molecule has 0 aliphatic heterocycles. The highest BCUT2D eigenvalue weighted by molar-refractivity contribution is 6.03. The molecule has 0 saturated carbocycles.